The Labute approximate surface area is 188 Å². The summed E-state index contributed by atoms with van der Waals surface area (Å²) in [4.78, 5) is 42.8. The van der Waals surface area contributed by atoms with Gasteiger partial charge in [0, 0.05) is 32.1 Å². The lowest BCUT2D eigenvalue weighted by molar-refractivity contribution is -0.121. The number of carbonyl (C=O) groups excluding carboxylic acids is 3. The van der Waals surface area contributed by atoms with Crippen LogP contribution in [0.4, 0.5) is 5.69 Å². The van der Waals surface area contributed by atoms with E-state index in [1.807, 2.05) is 29.7 Å². The third-order valence-corrected chi connectivity index (χ3v) is 6.15. The SMILES string of the molecule is CCOc1cccc2sc(=NC(=O)c3ccc(N4C(=O)CCC4=O)cc3)n(CCOC)c12. The number of rotatable bonds is 7. The van der Waals surface area contributed by atoms with Crippen LogP contribution in [0.5, 0.6) is 5.75 Å². The fourth-order valence-electron chi connectivity index (χ4n) is 3.61. The highest BCUT2D eigenvalue weighted by Crippen LogP contribution is 2.28. The van der Waals surface area contributed by atoms with Gasteiger partial charge in [-0.1, -0.05) is 17.4 Å². The maximum atomic E-state index is 12.9. The maximum absolute atomic E-state index is 12.9. The molecule has 3 amide bonds. The predicted molar refractivity (Wildman–Crippen MR) is 121 cm³/mol. The van der Waals surface area contributed by atoms with E-state index in [1.165, 1.54) is 11.3 Å². The highest BCUT2D eigenvalue weighted by Gasteiger charge is 2.30. The van der Waals surface area contributed by atoms with E-state index in [-0.39, 0.29) is 24.7 Å². The average molecular weight is 454 g/mol. The molecule has 166 valence electrons. The highest BCUT2D eigenvalue weighted by atomic mass is 32.1. The Morgan fingerprint density at radius 2 is 1.81 bits per heavy atom. The summed E-state index contributed by atoms with van der Waals surface area (Å²) in [5.41, 5.74) is 1.71. The second kappa shape index (κ2) is 9.46. The minimum atomic E-state index is -0.411. The first-order valence-electron chi connectivity index (χ1n) is 10.3. The van der Waals surface area contributed by atoms with Crippen LogP contribution < -0.4 is 14.4 Å². The summed E-state index contributed by atoms with van der Waals surface area (Å²) in [6.45, 7) is 3.43. The van der Waals surface area contributed by atoms with E-state index in [0.29, 0.717) is 35.8 Å². The van der Waals surface area contributed by atoms with Crippen LogP contribution in [-0.2, 0) is 20.9 Å². The van der Waals surface area contributed by atoms with Gasteiger partial charge in [-0.05, 0) is 43.3 Å². The minimum Gasteiger partial charge on any atom is -0.492 e. The molecule has 32 heavy (non-hydrogen) atoms. The van der Waals surface area contributed by atoms with Crippen LogP contribution in [0.1, 0.15) is 30.1 Å². The highest BCUT2D eigenvalue weighted by molar-refractivity contribution is 7.16. The Kier molecular flexibility index (Phi) is 6.48. The first-order valence-corrected chi connectivity index (χ1v) is 11.1. The van der Waals surface area contributed by atoms with Crippen molar-refractivity contribution < 1.29 is 23.9 Å². The molecule has 8 nitrogen and oxygen atoms in total. The molecule has 3 aromatic rings. The van der Waals surface area contributed by atoms with Crippen molar-refractivity contribution in [2.75, 3.05) is 25.2 Å². The molecule has 1 saturated heterocycles. The van der Waals surface area contributed by atoms with Crippen molar-refractivity contribution in [3.63, 3.8) is 0 Å². The molecule has 0 N–H and O–H groups in total. The van der Waals surface area contributed by atoms with Crippen molar-refractivity contribution in [1.29, 1.82) is 0 Å². The largest absolute Gasteiger partial charge is 0.492 e. The van der Waals surface area contributed by atoms with Crippen LogP contribution in [0, 0.1) is 0 Å². The van der Waals surface area contributed by atoms with Crippen LogP contribution in [0.15, 0.2) is 47.5 Å². The van der Waals surface area contributed by atoms with Crippen molar-refractivity contribution in [1.82, 2.24) is 4.57 Å². The van der Waals surface area contributed by atoms with Crippen molar-refractivity contribution >= 4 is 45.0 Å². The molecule has 4 rings (SSSR count). The maximum Gasteiger partial charge on any atom is 0.279 e. The molecule has 1 aliphatic rings. The van der Waals surface area contributed by atoms with E-state index in [2.05, 4.69) is 4.99 Å². The van der Waals surface area contributed by atoms with Crippen molar-refractivity contribution in [3.8, 4) is 5.75 Å². The van der Waals surface area contributed by atoms with E-state index in [4.69, 9.17) is 9.47 Å². The van der Waals surface area contributed by atoms with Gasteiger partial charge in [0.2, 0.25) is 11.8 Å². The van der Waals surface area contributed by atoms with E-state index < -0.39 is 5.91 Å². The molecular weight excluding hydrogens is 430 g/mol. The van der Waals surface area contributed by atoms with Crippen molar-refractivity contribution in [2.45, 2.75) is 26.3 Å². The molecule has 1 aromatic heterocycles. The van der Waals surface area contributed by atoms with Gasteiger partial charge < -0.3 is 14.0 Å². The van der Waals surface area contributed by atoms with Gasteiger partial charge in [0.15, 0.2) is 4.80 Å². The second-order valence-electron chi connectivity index (χ2n) is 7.15. The van der Waals surface area contributed by atoms with E-state index in [1.54, 1.807) is 31.4 Å². The number of nitrogens with zero attached hydrogens (tertiary/aromatic N) is 3. The number of methoxy groups -OCH3 is 1. The second-order valence-corrected chi connectivity index (χ2v) is 8.16. The molecule has 1 fully saturated rings. The molecule has 0 bridgehead atoms. The summed E-state index contributed by atoms with van der Waals surface area (Å²) < 4.78 is 13.9. The van der Waals surface area contributed by atoms with E-state index in [0.717, 1.165) is 20.9 Å². The topological polar surface area (TPSA) is 90.2 Å². The number of carbonyl (C=O) groups is 3. The van der Waals surface area contributed by atoms with Gasteiger partial charge in [-0.3, -0.25) is 19.3 Å². The summed E-state index contributed by atoms with van der Waals surface area (Å²) >= 11 is 1.40. The summed E-state index contributed by atoms with van der Waals surface area (Å²) in [6.07, 6.45) is 0.429. The number of benzene rings is 2. The quantitative estimate of drug-likeness (QED) is 0.513. The molecule has 9 heteroatoms. The normalized spacial score (nSPS) is 14.6. The number of aromatic nitrogens is 1. The third kappa shape index (κ3) is 4.21. The smallest absolute Gasteiger partial charge is 0.279 e. The zero-order valence-corrected chi connectivity index (χ0v) is 18.7. The molecule has 2 aromatic carbocycles. The number of anilines is 1. The van der Waals surface area contributed by atoms with Gasteiger partial charge in [0.1, 0.15) is 11.3 Å². The summed E-state index contributed by atoms with van der Waals surface area (Å²) in [5, 5.41) is 0. The number of amides is 3. The minimum absolute atomic E-state index is 0.214. The number of ether oxygens (including phenoxy) is 2. The molecule has 0 unspecified atom stereocenters. The third-order valence-electron chi connectivity index (χ3n) is 5.10. The van der Waals surface area contributed by atoms with Gasteiger partial charge in [-0.2, -0.15) is 4.99 Å². The molecule has 0 radical (unpaired) electrons. The number of hydrogen-bond acceptors (Lipinski definition) is 6. The predicted octanol–water partition coefficient (Wildman–Crippen LogP) is 3.14. The standard InChI is InChI=1S/C23H23N3O5S/c1-3-31-17-5-4-6-18-21(17)25(13-14-30-2)23(32-18)24-22(29)15-7-9-16(10-8-15)26-19(27)11-12-20(26)28/h4-10H,3,11-14H2,1-2H3. The Bertz CT molecular complexity index is 1230. The Morgan fingerprint density at radius 1 is 1.09 bits per heavy atom. The van der Waals surface area contributed by atoms with Crippen LogP contribution in [-0.4, -0.2) is 42.6 Å². The summed E-state index contributed by atoms with van der Waals surface area (Å²) in [6, 6.07) is 12.1. The van der Waals surface area contributed by atoms with Gasteiger partial charge >= 0.3 is 0 Å². The summed E-state index contributed by atoms with van der Waals surface area (Å²) in [5.74, 6) is -0.136. The monoisotopic (exact) mass is 453 g/mol. The lowest BCUT2D eigenvalue weighted by Gasteiger charge is -2.13. The zero-order valence-electron chi connectivity index (χ0n) is 17.9. The number of fused-ring (bicyclic) bond motifs is 1. The molecule has 0 spiro atoms. The lowest BCUT2D eigenvalue weighted by Crippen LogP contribution is -2.28. The Morgan fingerprint density at radius 3 is 2.47 bits per heavy atom. The molecule has 0 atom stereocenters. The van der Waals surface area contributed by atoms with Crippen molar-refractivity contribution in [3.05, 3.63) is 52.8 Å². The van der Waals surface area contributed by atoms with E-state index >= 15 is 0 Å². The average Bonchev–Trinajstić information content (AvgIpc) is 3.31. The summed E-state index contributed by atoms with van der Waals surface area (Å²) in [7, 11) is 1.62. The fourth-order valence-corrected chi connectivity index (χ4v) is 4.69. The number of imide groups is 1. The van der Waals surface area contributed by atoms with Crippen LogP contribution in [0.25, 0.3) is 10.2 Å². The van der Waals surface area contributed by atoms with Crippen LogP contribution >= 0.6 is 11.3 Å². The first-order chi connectivity index (χ1) is 15.5. The number of hydrogen-bond donors (Lipinski definition) is 0. The first kappa shape index (κ1) is 21.9. The Hall–Kier alpha value is -3.30. The van der Waals surface area contributed by atoms with Crippen molar-refractivity contribution in [2.24, 2.45) is 4.99 Å². The number of para-hydroxylation sites is 1. The molecular formula is C23H23N3O5S. The molecule has 0 aliphatic carbocycles. The van der Waals surface area contributed by atoms with Gasteiger partial charge in [0.25, 0.3) is 5.91 Å². The van der Waals surface area contributed by atoms with E-state index in [9.17, 15) is 14.4 Å². The molecule has 2 heterocycles. The Balaban J connectivity index is 1.70. The van der Waals surface area contributed by atoms with Gasteiger partial charge in [-0.15, -0.1) is 0 Å². The lowest BCUT2D eigenvalue weighted by atomic mass is 10.2. The van der Waals surface area contributed by atoms with Crippen LogP contribution in [0.2, 0.25) is 0 Å². The number of thiazole rings is 1. The zero-order chi connectivity index (χ0) is 22.7. The van der Waals surface area contributed by atoms with Crippen LogP contribution in [0.3, 0.4) is 0 Å². The molecule has 0 saturated carbocycles. The van der Waals surface area contributed by atoms with Gasteiger partial charge in [0.05, 0.1) is 23.6 Å². The molecule has 1 aliphatic heterocycles. The van der Waals surface area contributed by atoms with Gasteiger partial charge in [-0.25, -0.2) is 0 Å². The fraction of sp³-hybridized carbons (Fsp3) is 0.304.